The molecule has 2 N–H and O–H groups in total. The zero-order valence-corrected chi connectivity index (χ0v) is 12.4. The van der Waals surface area contributed by atoms with E-state index in [4.69, 9.17) is 0 Å². The van der Waals surface area contributed by atoms with E-state index in [2.05, 4.69) is 10.6 Å². The zero-order valence-electron chi connectivity index (χ0n) is 12.4. The van der Waals surface area contributed by atoms with Crippen molar-refractivity contribution in [1.82, 2.24) is 20.4 Å². The largest absolute Gasteiger partial charge is 0.335 e. The van der Waals surface area contributed by atoms with Gasteiger partial charge in [-0.05, 0) is 12.5 Å². The number of fused-ring (bicyclic) bond motifs is 1. The lowest BCUT2D eigenvalue weighted by atomic mass is 9.81. The van der Waals surface area contributed by atoms with E-state index in [0.29, 0.717) is 0 Å². The lowest BCUT2D eigenvalue weighted by Gasteiger charge is -2.52. The first-order valence-corrected chi connectivity index (χ1v) is 7.12. The lowest BCUT2D eigenvalue weighted by Crippen LogP contribution is -2.71. The van der Waals surface area contributed by atoms with Gasteiger partial charge in [0.05, 0.1) is 6.04 Å². The van der Waals surface area contributed by atoms with Crippen LogP contribution in [0.4, 0.5) is 9.59 Å². The summed E-state index contributed by atoms with van der Waals surface area (Å²) >= 11 is 0. The van der Waals surface area contributed by atoms with Gasteiger partial charge in [0.2, 0.25) is 0 Å². The fourth-order valence-corrected chi connectivity index (χ4v) is 3.40. The molecule has 2 aliphatic rings. The number of carbonyl (C=O) groups is 2. The maximum atomic E-state index is 12.2. The number of hydrogen-bond donors (Lipinski definition) is 2. The quantitative estimate of drug-likeness (QED) is 0.819. The Morgan fingerprint density at radius 1 is 0.952 bits per heavy atom. The minimum atomic E-state index is -0.289. The lowest BCUT2D eigenvalue weighted by molar-refractivity contribution is 0.0248. The standard InChI is InChI=1S/C15H20N4O2/c1-9-11-12(10-7-5-4-6-8-10)18(2)15(21)17-13(11)19(3)14(20)16-9/h4-9,11-13H,1-3H3,(H,16,20)(H,17,21)/t9-,11+,12-,13-/m0/s1. The minimum absolute atomic E-state index is 0.0213. The molecular weight excluding hydrogens is 268 g/mol. The molecule has 112 valence electrons. The van der Waals surface area contributed by atoms with Crippen molar-refractivity contribution in [3.05, 3.63) is 35.9 Å². The topological polar surface area (TPSA) is 64.7 Å². The van der Waals surface area contributed by atoms with E-state index in [9.17, 15) is 9.59 Å². The van der Waals surface area contributed by atoms with Gasteiger partial charge in [-0.1, -0.05) is 30.3 Å². The maximum absolute atomic E-state index is 12.2. The van der Waals surface area contributed by atoms with E-state index in [-0.39, 0.29) is 36.2 Å². The van der Waals surface area contributed by atoms with Crippen molar-refractivity contribution in [3.8, 4) is 0 Å². The van der Waals surface area contributed by atoms with Crippen LogP contribution in [0, 0.1) is 5.92 Å². The third kappa shape index (κ3) is 2.11. The molecule has 1 aromatic rings. The van der Waals surface area contributed by atoms with E-state index >= 15 is 0 Å². The maximum Gasteiger partial charge on any atom is 0.319 e. The molecule has 2 fully saturated rings. The molecule has 0 bridgehead atoms. The fraction of sp³-hybridized carbons (Fsp3) is 0.467. The van der Waals surface area contributed by atoms with E-state index < -0.39 is 0 Å². The molecule has 0 aromatic heterocycles. The van der Waals surface area contributed by atoms with Gasteiger partial charge in [-0.25, -0.2) is 9.59 Å². The second-order valence-electron chi connectivity index (χ2n) is 5.79. The number of rotatable bonds is 1. The van der Waals surface area contributed by atoms with Crippen molar-refractivity contribution in [1.29, 1.82) is 0 Å². The minimum Gasteiger partial charge on any atom is -0.335 e. The van der Waals surface area contributed by atoms with Crippen molar-refractivity contribution in [3.63, 3.8) is 0 Å². The molecule has 2 saturated heterocycles. The molecule has 2 aliphatic heterocycles. The zero-order chi connectivity index (χ0) is 15.1. The van der Waals surface area contributed by atoms with Crippen LogP contribution in [0.3, 0.4) is 0 Å². The summed E-state index contributed by atoms with van der Waals surface area (Å²) in [6.07, 6.45) is -0.289. The predicted octanol–water partition coefficient (Wildman–Crippen LogP) is 1.37. The summed E-state index contributed by atoms with van der Waals surface area (Å²) in [5, 5.41) is 5.90. The molecule has 0 radical (unpaired) electrons. The third-order valence-corrected chi connectivity index (χ3v) is 4.55. The summed E-state index contributed by atoms with van der Waals surface area (Å²) in [6, 6.07) is 9.57. The SMILES string of the molecule is C[C@@H]1NC(=O)N(C)[C@@H]2NC(=O)N(C)[C@@H](c3ccccc3)[C@@H]12. The van der Waals surface area contributed by atoms with Gasteiger partial charge in [0, 0.05) is 26.1 Å². The number of hydrogen-bond acceptors (Lipinski definition) is 2. The van der Waals surface area contributed by atoms with Crippen molar-refractivity contribution in [2.75, 3.05) is 14.1 Å². The molecule has 21 heavy (non-hydrogen) atoms. The average Bonchev–Trinajstić information content (AvgIpc) is 2.48. The van der Waals surface area contributed by atoms with E-state index in [1.54, 1.807) is 23.9 Å². The van der Waals surface area contributed by atoms with Gasteiger partial charge in [-0.2, -0.15) is 0 Å². The van der Waals surface area contributed by atoms with Crippen LogP contribution in [-0.4, -0.2) is 48.2 Å². The molecule has 4 atom stereocenters. The molecule has 0 aliphatic carbocycles. The number of carbonyl (C=O) groups excluding carboxylic acids is 2. The van der Waals surface area contributed by atoms with Gasteiger partial charge in [0.25, 0.3) is 0 Å². The van der Waals surface area contributed by atoms with Gasteiger partial charge in [-0.3, -0.25) is 0 Å². The Kier molecular flexibility index (Phi) is 3.23. The average molecular weight is 288 g/mol. The van der Waals surface area contributed by atoms with Crippen molar-refractivity contribution >= 4 is 12.1 Å². The Morgan fingerprint density at radius 3 is 2.24 bits per heavy atom. The summed E-state index contributed by atoms with van der Waals surface area (Å²) in [5.41, 5.74) is 1.08. The van der Waals surface area contributed by atoms with E-state index in [1.807, 2.05) is 37.3 Å². The Labute approximate surface area is 124 Å². The monoisotopic (exact) mass is 288 g/mol. The number of amides is 4. The molecular formula is C15H20N4O2. The van der Waals surface area contributed by atoms with E-state index in [1.165, 1.54) is 0 Å². The summed E-state index contributed by atoms with van der Waals surface area (Å²) in [4.78, 5) is 27.5. The molecule has 4 amide bonds. The Balaban J connectivity index is 2.03. The highest BCUT2D eigenvalue weighted by Gasteiger charge is 2.49. The van der Waals surface area contributed by atoms with Gasteiger partial charge in [0.15, 0.2) is 0 Å². The summed E-state index contributed by atoms with van der Waals surface area (Å²) < 4.78 is 0. The van der Waals surface area contributed by atoms with Crippen LogP contribution < -0.4 is 10.6 Å². The molecule has 0 unspecified atom stereocenters. The molecule has 0 saturated carbocycles. The molecule has 3 rings (SSSR count). The van der Waals surface area contributed by atoms with Crippen LogP contribution in [0.25, 0.3) is 0 Å². The van der Waals surface area contributed by atoms with Gasteiger partial charge in [0.1, 0.15) is 6.17 Å². The highest BCUT2D eigenvalue weighted by Crippen LogP contribution is 2.38. The predicted molar refractivity (Wildman–Crippen MR) is 78.5 cm³/mol. The first kappa shape index (κ1) is 13.7. The van der Waals surface area contributed by atoms with Crippen LogP contribution >= 0.6 is 0 Å². The van der Waals surface area contributed by atoms with Gasteiger partial charge >= 0.3 is 12.1 Å². The first-order chi connectivity index (χ1) is 10.0. The summed E-state index contributed by atoms with van der Waals surface area (Å²) in [6.45, 7) is 1.99. The number of urea groups is 2. The highest BCUT2D eigenvalue weighted by atomic mass is 16.2. The van der Waals surface area contributed by atoms with Crippen molar-refractivity contribution in [2.45, 2.75) is 25.2 Å². The number of nitrogens with one attached hydrogen (secondary N) is 2. The molecule has 0 spiro atoms. The number of nitrogens with zero attached hydrogens (tertiary/aromatic N) is 2. The Hall–Kier alpha value is -2.24. The van der Waals surface area contributed by atoms with E-state index in [0.717, 1.165) is 5.56 Å². The van der Waals surface area contributed by atoms with Crippen LogP contribution in [-0.2, 0) is 0 Å². The summed E-state index contributed by atoms with van der Waals surface area (Å²) in [5.74, 6) is 0.0813. The Morgan fingerprint density at radius 2 is 1.57 bits per heavy atom. The van der Waals surface area contributed by atoms with Crippen LogP contribution in [0.1, 0.15) is 18.5 Å². The van der Waals surface area contributed by atoms with Crippen molar-refractivity contribution in [2.24, 2.45) is 5.92 Å². The third-order valence-electron chi connectivity index (χ3n) is 4.55. The molecule has 6 heteroatoms. The first-order valence-electron chi connectivity index (χ1n) is 7.12. The van der Waals surface area contributed by atoms with Crippen LogP contribution in [0.15, 0.2) is 30.3 Å². The fourth-order valence-electron chi connectivity index (χ4n) is 3.40. The second kappa shape index (κ2) is 4.95. The van der Waals surface area contributed by atoms with Crippen LogP contribution in [0.2, 0.25) is 0 Å². The number of benzene rings is 1. The Bertz CT molecular complexity index is 562. The second-order valence-corrected chi connectivity index (χ2v) is 5.79. The van der Waals surface area contributed by atoms with Crippen LogP contribution in [0.5, 0.6) is 0 Å². The van der Waals surface area contributed by atoms with Gasteiger partial charge < -0.3 is 20.4 Å². The molecule has 2 heterocycles. The molecule has 1 aromatic carbocycles. The highest BCUT2D eigenvalue weighted by molar-refractivity contribution is 5.80. The molecule has 6 nitrogen and oxygen atoms in total. The van der Waals surface area contributed by atoms with Crippen molar-refractivity contribution < 1.29 is 9.59 Å². The smallest absolute Gasteiger partial charge is 0.319 e. The normalized spacial score (nSPS) is 32.3. The van der Waals surface area contributed by atoms with Gasteiger partial charge in [-0.15, -0.1) is 0 Å². The summed E-state index contributed by atoms with van der Waals surface area (Å²) in [7, 11) is 3.51.